The number of amides is 1. The Kier molecular flexibility index (Phi) is 6.75. The highest BCUT2D eigenvalue weighted by molar-refractivity contribution is 7.09. The lowest BCUT2D eigenvalue weighted by atomic mass is 10.2. The van der Waals surface area contributed by atoms with Crippen molar-refractivity contribution in [2.75, 3.05) is 18.4 Å². The van der Waals surface area contributed by atoms with Gasteiger partial charge in [-0.3, -0.25) is 14.9 Å². The molecule has 1 amide bonds. The number of nitrogens with zero attached hydrogens (tertiary/aromatic N) is 2. The molecule has 150 valence electrons. The highest BCUT2D eigenvalue weighted by Crippen LogP contribution is 2.16. The van der Waals surface area contributed by atoms with Crippen molar-refractivity contribution in [2.45, 2.75) is 13.5 Å². The Hall–Kier alpha value is -3.46. The van der Waals surface area contributed by atoms with Gasteiger partial charge in [-0.25, -0.2) is 4.98 Å². The van der Waals surface area contributed by atoms with Crippen molar-refractivity contribution in [3.8, 4) is 5.75 Å². The Balaban J connectivity index is 1.40. The van der Waals surface area contributed by atoms with Gasteiger partial charge in [-0.05, 0) is 43.3 Å². The summed E-state index contributed by atoms with van der Waals surface area (Å²) in [5.41, 5.74) is 2.21. The molecule has 0 bridgehead atoms. The smallest absolute Gasteiger partial charge is 0.269 e. The number of hydrogen-bond donors (Lipinski definition) is 2. The standard InChI is InChI=1S/C20H20N4O4S/c1-14-23-17(13-29-14)12-28-19-8-2-15(3-9-19)20(25)22-11-10-21-16-4-6-18(7-5-16)24(26)27/h2-9,13,21H,10-12H2,1H3,(H,22,25). The predicted octanol–water partition coefficient (Wildman–Crippen LogP) is 3.78. The molecule has 3 rings (SSSR count). The molecule has 3 aromatic rings. The van der Waals surface area contributed by atoms with Crippen LogP contribution in [0.25, 0.3) is 0 Å². The molecule has 0 saturated heterocycles. The van der Waals surface area contributed by atoms with Crippen molar-refractivity contribution in [1.29, 1.82) is 0 Å². The van der Waals surface area contributed by atoms with Crippen molar-refractivity contribution in [1.82, 2.24) is 10.3 Å². The number of benzene rings is 2. The first kappa shape index (κ1) is 20.3. The largest absolute Gasteiger partial charge is 0.487 e. The molecule has 0 atom stereocenters. The number of carbonyl (C=O) groups is 1. The third-order valence-corrected chi connectivity index (χ3v) is 4.81. The molecular weight excluding hydrogens is 392 g/mol. The topological polar surface area (TPSA) is 106 Å². The number of nitro groups is 1. The summed E-state index contributed by atoms with van der Waals surface area (Å²) < 4.78 is 5.67. The van der Waals surface area contributed by atoms with Crippen LogP contribution in [0.3, 0.4) is 0 Å². The van der Waals surface area contributed by atoms with Gasteiger partial charge in [-0.2, -0.15) is 0 Å². The Morgan fingerprint density at radius 2 is 1.86 bits per heavy atom. The van der Waals surface area contributed by atoms with E-state index in [9.17, 15) is 14.9 Å². The molecule has 0 aliphatic rings. The molecule has 29 heavy (non-hydrogen) atoms. The van der Waals surface area contributed by atoms with Crippen LogP contribution in [0.2, 0.25) is 0 Å². The fraction of sp³-hybridized carbons (Fsp3) is 0.200. The maximum Gasteiger partial charge on any atom is 0.269 e. The Bertz CT molecular complexity index is 971. The van der Waals surface area contributed by atoms with Crippen molar-refractivity contribution < 1.29 is 14.5 Å². The van der Waals surface area contributed by atoms with Crippen LogP contribution in [-0.4, -0.2) is 28.9 Å². The monoisotopic (exact) mass is 412 g/mol. The molecule has 0 spiro atoms. The SMILES string of the molecule is Cc1nc(COc2ccc(C(=O)NCCNc3ccc([N+](=O)[O-])cc3)cc2)cs1. The van der Waals surface area contributed by atoms with E-state index in [1.54, 1.807) is 47.7 Å². The first-order valence-electron chi connectivity index (χ1n) is 8.91. The zero-order valence-corrected chi connectivity index (χ0v) is 16.6. The van der Waals surface area contributed by atoms with Gasteiger partial charge in [0, 0.05) is 41.9 Å². The maximum atomic E-state index is 12.2. The zero-order chi connectivity index (χ0) is 20.6. The molecular formula is C20H20N4O4S. The van der Waals surface area contributed by atoms with E-state index in [0.29, 0.717) is 31.0 Å². The normalized spacial score (nSPS) is 10.4. The second-order valence-electron chi connectivity index (χ2n) is 6.16. The number of non-ortho nitro benzene ring substituents is 1. The van der Waals surface area contributed by atoms with Crippen LogP contribution in [0.5, 0.6) is 5.75 Å². The van der Waals surface area contributed by atoms with Gasteiger partial charge >= 0.3 is 0 Å². The fourth-order valence-corrected chi connectivity index (χ4v) is 3.12. The minimum absolute atomic E-state index is 0.0398. The second kappa shape index (κ2) is 9.65. The molecule has 0 unspecified atom stereocenters. The van der Waals surface area contributed by atoms with E-state index in [0.717, 1.165) is 16.4 Å². The van der Waals surface area contributed by atoms with Crippen LogP contribution in [-0.2, 0) is 6.61 Å². The van der Waals surface area contributed by atoms with Gasteiger partial charge in [-0.1, -0.05) is 0 Å². The second-order valence-corrected chi connectivity index (χ2v) is 7.22. The van der Waals surface area contributed by atoms with Gasteiger partial charge in [0.05, 0.1) is 15.6 Å². The van der Waals surface area contributed by atoms with Crippen LogP contribution < -0.4 is 15.4 Å². The summed E-state index contributed by atoms with van der Waals surface area (Å²) >= 11 is 1.58. The first-order valence-corrected chi connectivity index (χ1v) is 9.79. The maximum absolute atomic E-state index is 12.2. The highest BCUT2D eigenvalue weighted by atomic mass is 32.1. The number of thiazole rings is 1. The minimum atomic E-state index is -0.444. The van der Waals surface area contributed by atoms with E-state index in [1.165, 1.54) is 12.1 Å². The third kappa shape index (κ3) is 6.01. The van der Waals surface area contributed by atoms with Gasteiger partial charge in [0.1, 0.15) is 12.4 Å². The van der Waals surface area contributed by atoms with Gasteiger partial charge in [0.15, 0.2) is 0 Å². The van der Waals surface area contributed by atoms with E-state index in [1.807, 2.05) is 12.3 Å². The average molecular weight is 412 g/mol. The zero-order valence-electron chi connectivity index (χ0n) is 15.8. The minimum Gasteiger partial charge on any atom is -0.487 e. The summed E-state index contributed by atoms with van der Waals surface area (Å²) in [4.78, 5) is 26.7. The lowest BCUT2D eigenvalue weighted by Crippen LogP contribution is -2.28. The molecule has 1 heterocycles. The van der Waals surface area contributed by atoms with Crippen molar-refractivity contribution >= 4 is 28.6 Å². The summed E-state index contributed by atoms with van der Waals surface area (Å²) in [7, 11) is 0. The molecule has 0 aliphatic heterocycles. The summed E-state index contributed by atoms with van der Waals surface area (Å²) in [6, 6.07) is 13.0. The van der Waals surface area contributed by atoms with Crippen molar-refractivity contribution in [3.05, 3.63) is 80.3 Å². The molecule has 2 aromatic carbocycles. The summed E-state index contributed by atoms with van der Waals surface area (Å²) in [5, 5.41) is 19.5. The predicted molar refractivity (Wildman–Crippen MR) is 112 cm³/mol. The number of hydrogen-bond acceptors (Lipinski definition) is 7. The van der Waals surface area contributed by atoms with E-state index >= 15 is 0 Å². The third-order valence-electron chi connectivity index (χ3n) is 3.99. The molecule has 0 aliphatic carbocycles. The summed E-state index contributed by atoms with van der Waals surface area (Å²) in [6.07, 6.45) is 0. The van der Waals surface area contributed by atoms with Crippen LogP contribution in [0, 0.1) is 17.0 Å². The first-order chi connectivity index (χ1) is 14.0. The van der Waals surface area contributed by atoms with Gasteiger partial charge < -0.3 is 15.4 Å². The Morgan fingerprint density at radius 3 is 2.48 bits per heavy atom. The lowest BCUT2D eigenvalue weighted by Gasteiger charge is -2.09. The number of anilines is 1. The molecule has 0 saturated carbocycles. The average Bonchev–Trinajstić information content (AvgIpc) is 3.15. The van der Waals surface area contributed by atoms with Crippen LogP contribution in [0.15, 0.2) is 53.9 Å². The summed E-state index contributed by atoms with van der Waals surface area (Å²) in [5.74, 6) is 0.490. The van der Waals surface area contributed by atoms with Gasteiger partial charge in [0.2, 0.25) is 0 Å². The number of nitro benzene ring substituents is 1. The molecule has 1 aromatic heterocycles. The number of aryl methyl sites for hydroxylation is 1. The van der Waals surface area contributed by atoms with E-state index in [-0.39, 0.29) is 11.6 Å². The molecule has 9 heteroatoms. The van der Waals surface area contributed by atoms with Crippen molar-refractivity contribution in [3.63, 3.8) is 0 Å². The molecule has 0 fully saturated rings. The number of aromatic nitrogens is 1. The number of ether oxygens (including phenoxy) is 1. The molecule has 0 radical (unpaired) electrons. The van der Waals surface area contributed by atoms with Gasteiger partial charge in [-0.15, -0.1) is 11.3 Å². The fourth-order valence-electron chi connectivity index (χ4n) is 2.52. The number of carbonyl (C=O) groups excluding carboxylic acids is 1. The van der Waals surface area contributed by atoms with Crippen LogP contribution in [0.1, 0.15) is 21.1 Å². The highest BCUT2D eigenvalue weighted by Gasteiger charge is 2.07. The number of nitrogens with one attached hydrogen (secondary N) is 2. The van der Waals surface area contributed by atoms with Crippen LogP contribution >= 0.6 is 11.3 Å². The van der Waals surface area contributed by atoms with E-state index < -0.39 is 4.92 Å². The summed E-state index contributed by atoms with van der Waals surface area (Å²) in [6.45, 7) is 3.25. The van der Waals surface area contributed by atoms with E-state index in [2.05, 4.69) is 15.6 Å². The Morgan fingerprint density at radius 1 is 1.14 bits per heavy atom. The number of rotatable bonds is 9. The molecule has 8 nitrogen and oxygen atoms in total. The van der Waals surface area contributed by atoms with Crippen LogP contribution in [0.4, 0.5) is 11.4 Å². The Labute approximate surface area is 171 Å². The van der Waals surface area contributed by atoms with E-state index in [4.69, 9.17) is 4.74 Å². The lowest BCUT2D eigenvalue weighted by molar-refractivity contribution is -0.384. The van der Waals surface area contributed by atoms with Crippen molar-refractivity contribution in [2.24, 2.45) is 0 Å². The quantitative estimate of drug-likeness (QED) is 0.315. The molecule has 2 N–H and O–H groups in total. The van der Waals surface area contributed by atoms with Gasteiger partial charge in [0.25, 0.3) is 11.6 Å².